The number of likely N-dealkylation sites (tertiary alicyclic amines) is 1. The second-order valence-electron chi connectivity index (χ2n) is 6.08. The minimum Gasteiger partial charge on any atom is -0.439 e. The molecule has 0 radical (unpaired) electrons. The highest BCUT2D eigenvalue weighted by Crippen LogP contribution is 2.23. The van der Waals surface area contributed by atoms with Gasteiger partial charge >= 0.3 is 6.09 Å². The molecule has 0 N–H and O–H groups in total. The van der Waals surface area contributed by atoms with Crippen molar-refractivity contribution in [2.75, 3.05) is 45.2 Å². The van der Waals surface area contributed by atoms with E-state index >= 15 is 0 Å². The number of amides is 3. The molecule has 0 bridgehead atoms. The van der Waals surface area contributed by atoms with E-state index in [2.05, 4.69) is 4.74 Å². The molecule has 0 atom stereocenters. The van der Waals surface area contributed by atoms with Crippen molar-refractivity contribution < 1.29 is 19.1 Å². The van der Waals surface area contributed by atoms with E-state index < -0.39 is 6.09 Å². The second kappa shape index (κ2) is 5.91. The zero-order valence-electron chi connectivity index (χ0n) is 13.2. The van der Waals surface area contributed by atoms with Gasteiger partial charge in [0.1, 0.15) is 0 Å². The molecule has 7 nitrogen and oxygen atoms in total. The molecule has 2 saturated heterocycles. The van der Waals surface area contributed by atoms with Gasteiger partial charge in [0, 0.05) is 50.9 Å². The van der Waals surface area contributed by atoms with Gasteiger partial charge in [0.25, 0.3) is 11.8 Å². The molecule has 122 valence electrons. The Balaban J connectivity index is 1.57. The molecule has 0 saturated carbocycles. The number of carbonyl (C=O) groups is 3. The normalized spacial score (nSPS) is 18.0. The quantitative estimate of drug-likeness (QED) is 0.822. The van der Waals surface area contributed by atoms with Gasteiger partial charge in [-0.3, -0.25) is 9.59 Å². The van der Waals surface area contributed by atoms with E-state index in [4.69, 9.17) is 0 Å². The lowest BCUT2D eigenvalue weighted by Crippen LogP contribution is -2.54. The van der Waals surface area contributed by atoms with E-state index in [1.54, 1.807) is 11.0 Å². The number of imide groups is 1. The van der Waals surface area contributed by atoms with Crippen molar-refractivity contribution in [2.24, 2.45) is 5.92 Å². The van der Waals surface area contributed by atoms with Gasteiger partial charge < -0.3 is 14.5 Å². The monoisotopic (exact) mass is 317 g/mol. The maximum absolute atomic E-state index is 12.4. The fourth-order valence-electron chi connectivity index (χ4n) is 2.77. The first-order valence-corrected chi connectivity index (χ1v) is 7.49. The van der Waals surface area contributed by atoms with E-state index in [0.29, 0.717) is 25.2 Å². The van der Waals surface area contributed by atoms with Crippen LogP contribution in [-0.4, -0.2) is 68.0 Å². The summed E-state index contributed by atoms with van der Waals surface area (Å²) in [5.74, 6) is -0.218. The molecule has 1 aromatic carbocycles. The zero-order chi connectivity index (χ0) is 16.6. The third kappa shape index (κ3) is 2.99. The number of hydrogen-bond acceptors (Lipinski definition) is 5. The van der Waals surface area contributed by atoms with Gasteiger partial charge in [-0.05, 0) is 18.2 Å². The Labute approximate surface area is 134 Å². The Kier molecular flexibility index (Phi) is 3.94. The molecule has 23 heavy (non-hydrogen) atoms. The van der Waals surface area contributed by atoms with Crippen molar-refractivity contribution in [2.45, 2.75) is 0 Å². The van der Waals surface area contributed by atoms with Crippen LogP contribution < -0.4 is 4.90 Å². The predicted molar refractivity (Wildman–Crippen MR) is 83.2 cm³/mol. The largest absolute Gasteiger partial charge is 0.439 e. The number of anilines is 1. The third-order valence-electron chi connectivity index (χ3n) is 4.14. The van der Waals surface area contributed by atoms with Gasteiger partial charge in [0.2, 0.25) is 0 Å². The molecule has 1 aromatic rings. The summed E-state index contributed by atoms with van der Waals surface area (Å²) in [5.41, 5.74) is 1.62. The van der Waals surface area contributed by atoms with Crippen LogP contribution in [0.5, 0.6) is 0 Å². The standard InChI is InChI=1S/C16H19N3O4/c1-17(2)13-5-3-4-12(6-13)15(21)18-7-11(8-18)9-19-14(20)10-23-16(19)22/h3-6,11H,7-10H2,1-2H3. The Bertz CT molecular complexity index is 636. The van der Waals surface area contributed by atoms with E-state index in [1.165, 1.54) is 0 Å². The van der Waals surface area contributed by atoms with Crippen LogP contribution in [0.15, 0.2) is 24.3 Å². The number of nitrogens with zero attached hydrogens (tertiary/aromatic N) is 3. The molecule has 0 unspecified atom stereocenters. The van der Waals surface area contributed by atoms with E-state index in [9.17, 15) is 14.4 Å². The van der Waals surface area contributed by atoms with Crippen molar-refractivity contribution >= 4 is 23.6 Å². The van der Waals surface area contributed by atoms with E-state index in [-0.39, 0.29) is 24.3 Å². The molecule has 2 fully saturated rings. The molecule has 0 spiro atoms. The molecule has 2 aliphatic heterocycles. The minimum atomic E-state index is -0.585. The van der Waals surface area contributed by atoms with Crippen LogP contribution in [0.4, 0.5) is 10.5 Å². The predicted octanol–water partition coefficient (Wildman–Crippen LogP) is 0.803. The second-order valence-corrected chi connectivity index (χ2v) is 6.08. The fraction of sp³-hybridized carbons (Fsp3) is 0.438. The van der Waals surface area contributed by atoms with E-state index in [0.717, 1.165) is 10.6 Å². The van der Waals surface area contributed by atoms with Crippen molar-refractivity contribution in [3.8, 4) is 0 Å². The van der Waals surface area contributed by atoms with Crippen LogP contribution >= 0.6 is 0 Å². The summed E-state index contributed by atoms with van der Waals surface area (Å²) >= 11 is 0. The molecule has 3 rings (SSSR count). The lowest BCUT2D eigenvalue weighted by Gasteiger charge is -2.40. The molecule has 3 amide bonds. The fourth-order valence-corrected chi connectivity index (χ4v) is 2.77. The Hall–Kier alpha value is -2.57. The summed E-state index contributed by atoms with van der Waals surface area (Å²) in [4.78, 5) is 40.1. The van der Waals surface area contributed by atoms with Gasteiger partial charge in [-0.25, -0.2) is 9.69 Å². The van der Waals surface area contributed by atoms with Crippen LogP contribution in [0.1, 0.15) is 10.4 Å². The first kappa shape index (κ1) is 15.3. The molecule has 7 heteroatoms. The molecular weight excluding hydrogens is 298 g/mol. The van der Waals surface area contributed by atoms with Crippen LogP contribution in [0.2, 0.25) is 0 Å². The van der Waals surface area contributed by atoms with Crippen molar-refractivity contribution in [1.29, 1.82) is 0 Å². The average molecular weight is 317 g/mol. The lowest BCUT2D eigenvalue weighted by atomic mass is 9.98. The topological polar surface area (TPSA) is 70.2 Å². The summed E-state index contributed by atoms with van der Waals surface area (Å²) in [7, 11) is 3.85. The highest BCUT2D eigenvalue weighted by molar-refractivity contribution is 5.98. The summed E-state index contributed by atoms with van der Waals surface area (Å²) < 4.78 is 4.68. The summed E-state index contributed by atoms with van der Waals surface area (Å²) in [6.07, 6.45) is -0.585. The summed E-state index contributed by atoms with van der Waals surface area (Å²) in [6.45, 7) is 1.23. The SMILES string of the molecule is CN(C)c1cccc(C(=O)N2CC(CN3C(=O)COC3=O)C2)c1. The number of rotatable bonds is 4. The summed E-state index contributed by atoms with van der Waals surface area (Å²) in [5, 5.41) is 0. The van der Waals surface area contributed by atoms with Crippen molar-refractivity contribution in [3.05, 3.63) is 29.8 Å². The van der Waals surface area contributed by atoms with Gasteiger partial charge in [-0.15, -0.1) is 0 Å². The minimum absolute atomic E-state index is 0.0275. The third-order valence-corrected chi connectivity index (χ3v) is 4.14. The van der Waals surface area contributed by atoms with Gasteiger partial charge in [-0.2, -0.15) is 0 Å². The molecule has 0 aliphatic carbocycles. The van der Waals surface area contributed by atoms with Gasteiger partial charge in [0.05, 0.1) is 0 Å². The Morgan fingerprint density at radius 2 is 2.04 bits per heavy atom. The van der Waals surface area contributed by atoms with Crippen LogP contribution in [0, 0.1) is 5.92 Å². The average Bonchev–Trinajstić information content (AvgIpc) is 2.81. The van der Waals surface area contributed by atoms with Gasteiger partial charge in [0.15, 0.2) is 6.61 Å². The first-order chi connectivity index (χ1) is 11.0. The Morgan fingerprint density at radius 1 is 1.30 bits per heavy atom. The van der Waals surface area contributed by atoms with Crippen LogP contribution in [-0.2, 0) is 9.53 Å². The molecule has 2 heterocycles. The molecule has 2 aliphatic rings. The number of cyclic esters (lactones) is 1. The zero-order valence-corrected chi connectivity index (χ0v) is 13.2. The number of benzene rings is 1. The maximum atomic E-state index is 12.4. The van der Waals surface area contributed by atoms with Crippen LogP contribution in [0.25, 0.3) is 0 Å². The van der Waals surface area contributed by atoms with Gasteiger partial charge in [-0.1, -0.05) is 6.07 Å². The van der Waals surface area contributed by atoms with Crippen molar-refractivity contribution in [3.63, 3.8) is 0 Å². The van der Waals surface area contributed by atoms with E-state index in [1.807, 2.05) is 37.2 Å². The molecular formula is C16H19N3O4. The number of ether oxygens (including phenoxy) is 1. The smallest absolute Gasteiger partial charge is 0.417 e. The molecule has 0 aromatic heterocycles. The van der Waals surface area contributed by atoms with Crippen LogP contribution in [0.3, 0.4) is 0 Å². The Morgan fingerprint density at radius 3 is 2.65 bits per heavy atom. The number of hydrogen-bond donors (Lipinski definition) is 0. The summed E-state index contributed by atoms with van der Waals surface area (Å²) in [6, 6.07) is 7.46. The highest BCUT2D eigenvalue weighted by Gasteiger charge is 2.38. The first-order valence-electron chi connectivity index (χ1n) is 7.49. The highest BCUT2D eigenvalue weighted by atomic mass is 16.6. The van der Waals surface area contributed by atoms with Crippen molar-refractivity contribution in [1.82, 2.24) is 9.80 Å². The lowest BCUT2D eigenvalue weighted by molar-refractivity contribution is -0.126. The maximum Gasteiger partial charge on any atom is 0.417 e. The number of carbonyl (C=O) groups excluding carboxylic acids is 3.